The molecule has 0 aliphatic carbocycles. The van der Waals surface area contributed by atoms with Gasteiger partial charge in [-0.25, -0.2) is 4.98 Å². The Balaban J connectivity index is 1.82. The first-order valence-corrected chi connectivity index (χ1v) is 8.78. The van der Waals surface area contributed by atoms with Gasteiger partial charge in [0.1, 0.15) is 5.69 Å². The number of fused-ring (bicyclic) bond motifs is 2. The summed E-state index contributed by atoms with van der Waals surface area (Å²) >= 11 is 0. The second-order valence-electron chi connectivity index (χ2n) is 6.60. The summed E-state index contributed by atoms with van der Waals surface area (Å²) in [4.78, 5) is 4.77. The number of aromatic nitrogens is 4. The number of rotatable bonds is 2. The molecule has 27 heavy (non-hydrogen) atoms. The van der Waals surface area contributed by atoms with Crippen LogP contribution in [0.25, 0.3) is 38.8 Å². The number of nitrogen functional groups attached to an aromatic ring is 1. The number of hydrogen-bond donors (Lipinski definition) is 1. The molecule has 2 N–H and O–H groups in total. The molecule has 0 bridgehead atoms. The average Bonchev–Trinajstić information content (AvgIpc) is 3.07. The Hall–Kier alpha value is -3.73. The molecule has 0 fully saturated rings. The highest BCUT2D eigenvalue weighted by Gasteiger charge is 2.18. The van der Waals surface area contributed by atoms with Crippen LogP contribution in [0, 0.1) is 6.92 Å². The zero-order chi connectivity index (χ0) is 18.4. The lowest BCUT2D eigenvalue weighted by Crippen LogP contribution is -2.05. The van der Waals surface area contributed by atoms with Gasteiger partial charge in [-0.2, -0.15) is 4.68 Å². The number of anilines is 1. The number of nitrogens with two attached hydrogens (primary N) is 1. The van der Waals surface area contributed by atoms with Crippen molar-refractivity contribution in [1.29, 1.82) is 0 Å². The molecule has 5 heteroatoms. The van der Waals surface area contributed by atoms with Crippen molar-refractivity contribution in [3.8, 4) is 16.9 Å². The first kappa shape index (κ1) is 15.5. The van der Waals surface area contributed by atoms with E-state index in [-0.39, 0.29) is 0 Å². The van der Waals surface area contributed by atoms with Crippen molar-refractivity contribution >= 4 is 27.6 Å². The Morgan fingerprint density at radius 2 is 1.37 bits per heavy atom. The third-order valence-corrected chi connectivity index (χ3v) is 4.80. The van der Waals surface area contributed by atoms with Gasteiger partial charge < -0.3 is 5.73 Å². The maximum atomic E-state index is 6.51. The Morgan fingerprint density at radius 1 is 0.778 bits per heavy atom. The monoisotopic (exact) mass is 351 g/mol. The molecule has 5 aromatic rings. The molecule has 5 rings (SSSR count). The molecule has 3 aromatic carbocycles. The lowest BCUT2D eigenvalue weighted by atomic mass is 10.1. The number of para-hydroxylation sites is 2. The number of benzene rings is 3. The fourth-order valence-corrected chi connectivity index (χ4v) is 3.42. The maximum Gasteiger partial charge on any atom is 0.155 e. The molecular weight excluding hydrogens is 334 g/mol. The Morgan fingerprint density at radius 3 is 2.00 bits per heavy atom. The molecule has 2 aromatic heterocycles. The standard InChI is InChI=1S/C22H17N5/c1-14-10-12-15(13-11-14)20-22(23)27(26-25-20)21-16-6-2-4-8-18(16)24-19-9-5-3-7-17(19)21/h2-13H,23H2,1H3. The predicted octanol–water partition coefficient (Wildman–Crippen LogP) is 4.53. The van der Waals surface area contributed by atoms with Crippen molar-refractivity contribution in [2.24, 2.45) is 0 Å². The van der Waals surface area contributed by atoms with Gasteiger partial charge in [-0.15, -0.1) is 5.10 Å². The van der Waals surface area contributed by atoms with Gasteiger partial charge in [0.2, 0.25) is 0 Å². The molecule has 130 valence electrons. The van der Waals surface area contributed by atoms with E-state index in [9.17, 15) is 0 Å². The Kier molecular flexibility index (Phi) is 3.40. The van der Waals surface area contributed by atoms with E-state index in [2.05, 4.69) is 17.2 Å². The second kappa shape index (κ2) is 5.92. The van der Waals surface area contributed by atoms with Crippen LogP contribution in [0.1, 0.15) is 5.56 Å². The molecular formula is C22H17N5. The van der Waals surface area contributed by atoms with Crippen molar-refractivity contribution in [3.05, 3.63) is 78.4 Å². The van der Waals surface area contributed by atoms with Gasteiger partial charge in [0.15, 0.2) is 5.82 Å². The molecule has 0 atom stereocenters. The molecule has 0 spiro atoms. The Bertz CT molecular complexity index is 1230. The molecule has 0 unspecified atom stereocenters. The molecule has 0 aliphatic heterocycles. The third-order valence-electron chi connectivity index (χ3n) is 4.80. The fourth-order valence-electron chi connectivity index (χ4n) is 3.42. The minimum Gasteiger partial charge on any atom is -0.382 e. The van der Waals surface area contributed by atoms with Crippen LogP contribution >= 0.6 is 0 Å². The van der Waals surface area contributed by atoms with Crippen LogP contribution in [0.2, 0.25) is 0 Å². The van der Waals surface area contributed by atoms with Crippen LogP contribution in [-0.2, 0) is 0 Å². The van der Waals surface area contributed by atoms with Crippen LogP contribution in [0.5, 0.6) is 0 Å². The summed E-state index contributed by atoms with van der Waals surface area (Å²) in [5, 5.41) is 10.8. The zero-order valence-corrected chi connectivity index (χ0v) is 14.8. The lowest BCUT2D eigenvalue weighted by Gasteiger charge is -2.11. The number of pyridine rings is 1. The largest absolute Gasteiger partial charge is 0.382 e. The van der Waals surface area contributed by atoms with E-state index in [0.717, 1.165) is 33.1 Å². The molecule has 0 saturated heterocycles. The van der Waals surface area contributed by atoms with Crippen LogP contribution in [0.3, 0.4) is 0 Å². The molecule has 0 saturated carbocycles. The normalized spacial score (nSPS) is 11.3. The lowest BCUT2D eigenvalue weighted by molar-refractivity contribution is 0.819. The summed E-state index contributed by atoms with van der Waals surface area (Å²) in [5.74, 6) is 0.514. The smallest absolute Gasteiger partial charge is 0.155 e. The summed E-state index contributed by atoms with van der Waals surface area (Å²) in [7, 11) is 0. The van der Waals surface area contributed by atoms with Gasteiger partial charge in [0.05, 0.1) is 16.7 Å². The predicted molar refractivity (Wildman–Crippen MR) is 109 cm³/mol. The average molecular weight is 351 g/mol. The van der Waals surface area contributed by atoms with Crippen molar-refractivity contribution in [3.63, 3.8) is 0 Å². The van der Waals surface area contributed by atoms with Crippen molar-refractivity contribution in [2.45, 2.75) is 6.92 Å². The fraction of sp³-hybridized carbons (Fsp3) is 0.0455. The van der Waals surface area contributed by atoms with E-state index in [4.69, 9.17) is 10.7 Å². The minimum atomic E-state index is 0.514. The van der Waals surface area contributed by atoms with Gasteiger partial charge in [-0.1, -0.05) is 71.4 Å². The van der Waals surface area contributed by atoms with E-state index in [0.29, 0.717) is 11.5 Å². The van der Waals surface area contributed by atoms with E-state index in [1.54, 1.807) is 4.68 Å². The van der Waals surface area contributed by atoms with Crippen LogP contribution in [-0.4, -0.2) is 20.0 Å². The van der Waals surface area contributed by atoms with Gasteiger partial charge in [0.25, 0.3) is 0 Å². The number of hydrogen-bond acceptors (Lipinski definition) is 4. The highest BCUT2D eigenvalue weighted by Crippen LogP contribution is 2.33. The topological polar surface area (TPSA) is 69.6 Å². The highest BCUT2D eigenvalue weighted by atomic mass is 15.5. The van der Waals surface area contributed by atoms with Crippen LogP contribution in [0.4, 0.5) is 5.82 Å². The summed E-state index contributed by atoms with van der Waals surface area (Å²) < 4.78 is 1.72. The van der Waals surface area contributed by atoms with Crippen molar-refractivity contribution in [2.75, 3.05) is 5.73 Å². The highest BCUT2D eigenvalue weighted by molar-refractivity contribution is 6.03. The molecule has 5 nitrogen and oxygen atoms in total. The van der Waals surface area contributed by atoms with Crippen LogP contribution < -0.4 is 5.73 Å². The van der Waals surface area contributed by atoms with Crippen molar-refractivity contribution in [1.82, 2.24) is 20.0 Å². The van der Waals surface area contributed by atoms with Crippen molar-refractivity contribution < 1.29 is 0 Å². The number of aryl methyl sites for hydroxylation is 1. The van der Waals surface area contributed by atoms with Gasteiger partial charge in [-0.05, 0) is 19.1 Å². The van der Waals surface area contributed by atoms with E-state index in [1.807, 2.05) is 72.8 Å². The van der Waals surface area contributed by atoms with E-state index >= 15 is 0 Å². The van der Waals surface area contributed by atoms with Crippen LogP contribution in [0.15, 0.2) is 72.8 Å². The van der Waals surface area contributed by atoms with E-state index in [1.165, 1.54) is 5.56 Å². The number of nitrogens with zero attached hydrogens (tertiary/aromatic N) is 4. The first-order valence-electron chi connectivity index (χ1n) is 8.78. The molecule has 0 radical (unpaired) electrons. The van der Waals surface area contributed by atoms with Gasteiger partial charge in [0, 0.05) is 16.3 Å². The maximum absolute atomic E-state index is 6.51. The Labute approximate surface area is 156 Å². The first-order chi connectivity index (χ1) is 13.2. The summed E-state index contributed by atoms with van der Waals surface area (Å²) in [6.45, 7) is 2.05. The quantitative estimate of drug-likeness (QED) is 0.475. The second-order valence-corrected chi connectivity index (χ2v) is 6.60. The summed E-state index contributed by atoms with van der Waals surface area (Å²) in [6.07, 6.45) is 0. The molecule has 0 aliphatic rings. The third kappa shape index (κ3) is 2.44. The van der Waals surface area contributed by atoms with Gasteiger partial charge in [-0.3, -0.25) is 0 Å². The molecule has 0 amide bonds. The molecule has 2 heterocycles. The van der Waals surface area contributed by atoms with Gasteiger partial charge >= 0.3 is 0 Å². The summed E-state index contributed by atoms with van der Waals surface area (Å²) in [5.41, 5.74) is 12.0. The summed E-state index contributed by atoms with van der Waals surface area (Å²) in [6, 6.07) is 24.2. The minimum absolute atomic E-state index is 0.514. The zero-order valence-electron chi connectivity index (χ0n) is 14.8. The van der Waals surface area contributed by atoms with E-state index < -0.39 is 0 Å². The SMILES string of the molecule is Cc1ccc(-c2nnn(-c3c4ccccc4nc4ccccc34)c2N)cc1.